The molecule has 1 aliphatic heterocycles. The van der Waals surface area contributed by atoms with Gasteiger partial charge in [0, 0.05) is 26.1 Å². The van der Waals surface area contributed by atoms with E-state index < -0.39 is 18.5 Å². The Balaban J connectivity index is 2.08. The van der Waals surface area contributed by atoms with Crippen LogP contribution in [-0.4, -0.2) is 42.5 Å². The van der Waals surface area contributed by atoms with Crippen molar-refractivity contribution in [1.29, 1.82) is 0 Å². The molecule has 4 nitrogen and oxygen atoms in total. The summed E-state index contributed by atoms with van der Waals surface area (Å²) < 4.78 is 35.4. The lowest BCUT2D eigenvalue weighted by Crippen LogP contribution is -2.32. The Morgan fingerprint density at radius 3 is 2.65 bits per heavy atom. The second-order valence-corrected chi connectivity index (χ2v) is 3.98. The molecule has 1 heterocycles. The molecule has 0 saturated carbocycles. The maximum atomic E-state index is 11.8. The summed E-state index contributed by atoms with van der Waals surface area (Å²) in [4.78, 5) is 23.6. The van der Waals surface area contributed by atoms with Crippen molar-refractivity contribution < 1.29 is 22.8 Å². The van der Waals surface area contributed by atoms with Crippen molar-refractivity contribution in [2.24, 2.45) is 0 Å². The van der Waals surface area contributed by atoms with E-state index in [0.29, 0.717) is 25.9 Å². The lowest BCUT2D eigenvalue weighted by molar-refractivity contribution is -0.153. The van der Waals surface area contributed by atoms with Gasteiger partial charge in [-0.3, -0.25) is 9.59 Å². The molecule has 0 aromatic heterocycles. The molecule has 1 aliphatic rings. The fourth-order valence-corrected chi connectivity index (χ4v) is 1.68. The Labute approximate surface area is 97.1 Å². The van der Waals surface area contributed by atoms with Crippen LogP contribution in [0.5, 0.6) is 0 Å². The van der Waals surface area contributed by atoms with Crippen LogP contribution in [0.3, 0.4) is 0 Å². The number of halogens is 3. The number of carbonyl (C=O) groups excluding carboxylic acids is 2. The van der Waals surface area contributed by atoms with Gasteiger partial charge in [-0.05, 0) is 12.8 Å². The highest BCUT2D eigenvalue weighted by Crippen LogP contribution is 2.18. The number of alkyl halides is 3. The Morgan fingerprint density at radius 2 is 2.12 bits per heavy atom. The highest BCUT2D eigenvalue weighted by atomic mass is 19.4. The van der Waals surface area contributed by atoms with Crippen LogP contribution in [0.1, 0.15) is 25.7 Å². The molecule has 1 saturated heterocycles. The van der Waals surface area contributed by atoms with Crippen molar-refractivity contribution in [2.75, 3.05) is 19.6 Å². The zero-order chi connectivity index (χ0) is 12.9. The molecule has 1 N–H and O–H groups in total. The Morgan fingerprint density at radius 1 is 1.41 bits per heavy atom. The number of carbonyl (C=O) groups is 2. The predicted molar refractivity (Wildman–Crippen MR) is 54.1 cm³/mol. The lowest BCUT2D eigenvalue weighted by atomic mass is 10.3. The summed E-state index contributed by atoms with van der Waals surface area (Å²) in [7, 11) is 0. The van der Waals surface area contributed by atoms with E-state index >= 15 is 0 Å². The quantitative estimate of drug-likeness (QED) is 0.744. The van der Waals surface area contributed by atoms with Crippen LogP contribution in [0.4, 0.5) is 13.2 Å². The zero-order valence-electron chi connectivity index (χ0n) is 9.35. The molecule has 1 rings (SSSR count). The number of rotatable bonds is 5. The number of nitrogens with zero attached hydrogens (tertiary/aromatic N) is 1. The molecule has 0 radical (unpaired) electrons. The van der Waals surface area contributed by atoms with Crippen LogP contribution in [-0.2, 0) is 9.59 Å². The maximum Gasteiger partial charge on any atom is 0.397 e. The minimum absolute atomic E-state index is 0.0756. The van der Waals surface area contributed by atoms with Crippen LogP contribution >= 0.6 is 0 Å². The van der Waals surface area contributed by atoms with Crippen LogP contribution in [0.2, 0.25) is 0 Å². The van der Waals surface area contributed by atoms with Crippen LogP contribution in [0, 0.1) is 0 Å². The van der Waals surface area contributed by atoms with E-state index in [1.54, 1.807) is 4.90 Å². The topological polar surface area (TPSA) is 49.4 Å². The molecule has 0 atom stereocenters. The molecule has 17 heavy (non-hydrogen) atoms. The summed E-state index contributed by atoms with van der Waals surface area (Å²) in [5, 5.41) is 2.18. The minimum atomic E-state index is -4.46. The monoisotopic (exact) mass is 252 g/mol. The number of nitrogens with one attached hydrogen (secondary N) is 1. The first-order valence-electron chi connectivity index (χ1n) is 5.50. The maximum absolute atomic E-state index is 11.8. The zero-order valence-corrected chi connectivity index (χ0v) is 9.35. The summed E-state index contributed by atoms with van der Waals surface area (Å²) in [6, 6.07) is 0. The van der Waals surface area contributed by atoms with Gasteiger partial charge >= 0.3 is 6.18 Å². The average molecular weight is 252 g/mol. The van der Waals surface area contributed by atoms with Crippen molar-refractivity contribution >= 4 is 11.8 Å². The summed E-state index contributed by atoms with van der Waals surface area (Å²) in [6.07, 6.45) is -4.06. The Kier molecular flexibility index (Phi) is 4.77. The molecule has 0 bridgehead atoms. The number of amides is 2. The van der Waals surface area contributed by atoms with Gasteiger partial charge in [0.15, 0.2) is 0 Å². The second kappa shape index (κ2) is 5.88. The fourth-order valence-electron chi connectivity index (χ4n) is 1.68. The number of hydrogen-bond donors (Lipinski definition) is 1. The van der Waals surface area contributed by atoms with E-state index in [1.165, 1.54) is 0 Å². The third-order valence-electron chi connectivity index (χ3n) is 2.46. The lowest BCUT2D eigenvalue weighted by Gasteiger charge is -2.15. The van der Waals surface area contributed by atoms with E-state index in [4.69, 9.17) is 0 Å². The molecule has 1 fully saturated rings. The molecule has 0 spiro atoms. The van der Waals surface area contributed by atoms with E-state index in [9.17, 15) is 22.8 Å². The first-order chi connectivity index (χ1) is 7.88. The molecular formula is C10H15F3N2O2. The smallest absolute Gasteiger partial charge is 0.356 e. The molecule has 0 aromatic rings. The average Bonchev–Trinajstić information content (AvgIpc) is 2.56. The third-order valence-corrected chi connectivity index (χ3v) is 2.46. The van der Waals surface area contributed by atoms with Crippen LogP contribution in [0.15, 0.2) is 0 Å². The second-order valence-electron chi connectivity index (χ2n) is 3.98. The van der Waals surface area contributed by atoms with E-state index in [2.05, 4.69) is 5.32 Å². The van der Waals surface area contributed by atoms with E-state index in [0.717, 1.165) is 6.42 Å². The summed E-state index contributed by atoms with van der Waals surface area (Å²) >= 11 is 0. The first-order valence-corrected chi connectivity index (χ1v) is 5.50. The summed E-state index contributed by atoms with van der Waals surface area (Å²) in [5.41, 5.74) is 0. The standard InChI is InChI=1S/C10H15F3N2O2/c11-10(12,13)7-8(16)14-4-2-6-15-5-1-3-9(15)17/h1-7H2,(H,14,16). The third kappa shape index (κ3) is 5.55. The number of hydrogen-bond acceptors (Lipinski definition) is 2. The van der Waals surface area contributed by atoms with Gasteiger partial charge in [0.25, 0.3) is 0 Å². The highest BCUT2D eigenvalue weighted by molar-refractivity contribution is 5.78. The molecule has 98 valence electrons. The van der Waals surface area contributed by atoms with Crippen molar-refractivity contribution in [3.63, 3.8) is 0 Å². The summed E-state index contributed by atoms with van der Waals surface area (Å²) in [5.74, 6) is -0.947. The van der Waals surface area contributed by atoms with Crippen LogP contribution < -0.4 is 5.32 Å². The minimum Gasteiger partial charge on any atom is -0.356 e. The van der Waals surface area contributed by atoms with Crippen molar-refractivity contribution in [3.05, 3.63) is 0 Å². The molecular weight excluding hydrogens is 237 g/mol. The molecule has 2 amide bonds. The Hall–Kier alpha value is -1.27. The molecule has 0 unspecified atom stereocenters. The van der Waals surface area contributed by atoms with Gasteiger partial charge in [-0.2, -0.15) is 13.2 Å². The predicted octanol–water partition coefficient (Wildman–Crippen LogP) is 1.07. The fraction of sp³-hybridized carbons (Fsp3) is 0.800. The van der Waals surface area contributed by atoms with Crippen molar-refractivity contribution in [3.8, 4) is 0 Å². The SMILES string of the molecule is O=C(CC(F)(F)F)NCCCN1CCCC1=O. The van der Waals surface area contributed by atoms with Gasteiger partial charge in [0.1, 0.15) is 6.42 Å². The van der Waals surface area contributed by atoms with E-state index in [-0.39, 0.29) is 12.5 Å². The highest BCUT2D eigenvalue weighted by Gasteiger charge is 2.30. The van der Waals surface area contributed by atoms with Crippen LogP contribution in [0.25, 0.3) is 0 Å². The number of likely N-dealkylation sites (tertiary alicyclic amines) is 1. The van der Waals surface area contributed by atoms with Crippen molar-refractivity contribution in [1.82, 2.24) is 10.2 Å². The van der Waals surface area contributed by atoms with Crippen molar-refractivity contribution in [2.45, 2.75) is 31.9 Å². The normalized spacial score (nSPS) is 16.4. The molecule has 7 heteroatoms. The van der Waals surface area contributed by atoms with Gasteiger partial charge in [-0.15, -0.1) is 0 Å². The van der Waals surface area contributed by atoms with Gasteiger partial charge < -0.3 is 10.2 Å². The van der Waals surface area contributed by atoms with Gasteiger partial charge in [0.05, 0.1) is 0 Å². The molecule has 0 aliphatic carbocycles. The van der Waals surface area contributed by atoms with Gasteiger partial charge in [0.2, 0.25) is 11.8 Å². The van der Waals surface area contributed by atoms with Gasteiger partial charge in [-0.1, -0.05) is 0 Å². The van der Waals surface area contributed by atoms with E-state index in [1.807, 2.05) is 0 Å². The summed E-state index contributed by atoms with van der Waals surface area (Å²) in [6.45, 7) is 1.36. The Bertz CT molecular complexity index is 292. The molecule has 0 aromatic carbocycles. The van der Waals surface area contributed by atoms with Gasteiger partial charge in [-0.25, -0.2) is 0 Å². The first kappa shape index (κ1) is 13.8. The largest absolute Gasteiger partial charge is 0.397 e.